The highest BCUT2D eigenvalue weighted by atomic mass is 16.6. The summed E-state index contributed by atoms with van der Waals surface area (Å²) in [6, 6.07) is 0. The number of aliphatic hydroxyl groups excluding tert-OH is 1. The zero-order valence-electron chi connectivity index (χ0n) is 7.32. The standard InChI is InChI=1S/C8H15NO3/c1-2-3-4-5-6-8(7-10)9(11)12/h7,10H,2-6H2,1H3. The predicted octanol–water partition coefficient (Wildman–Crippen LogP) is 2.63. The third-order valence-corrected chi connectivity index (χ3v) is 1.67. The number of unbranched alkanes of at least 4 members (excludes halogenated alkanes) is 3. The van der Waals surface area contributed by atoms with Gasteiger partial charge in [-0.2, -0.15) is 0 Å². The lowest BCUT2D eigenvalue weighted by atomic mass is 10.1. The summed E-state index contributed by atoms with van der Waals surface area (Å²) in [5.74, 6) is 0. The molecular weight excluding hydrogens is 158 g/mol. The van der Waals surface area contributed by atoms with Gasteiger partial charge in [-0.15, -0.1) is 0 Å². The van der Waals surface area contributed by atoms with Gasteiger partial charge in [0.25, 0.3) is 5.70 Å². The van der Waals surface area contributed by atoms with Gasteiger partial charge in [0.1, 0.15) is 0 Å². The van der Waals surface area contributed by atoms with Crippen LogP contribution >= 0.6 is 0 Å². The molecule has 0 spiro atoms. The Bertz CT molecular complexity index is 166. The summed E-state index contributed by atoms with van der Waals surface area (Å²) in [7, 11) is 0. The molecule has 0 radical (unpaired) electrons. The van der Waals surface area contributed by atoms with Crippen molar-refractivity contribution in [2.75, 3.05) is 0 Å². The van der Waals surface area contributed by atoms with Crippen LogP contribution in [0.3, 0.4) is 0 Å². The molecule has 0 aromatic heterocycles. The minimum Gasteiger partial charge on any atom is -0.509 e. The zero-order valence-corrected chi connectivity index (χ0v) is 7.32. The van der Waals surface area contributed by atoms with E-state index in [4.69, 9.17) is 5.11 Å². The summed E-state index contributed by atoms with van der Waals surface area (Å²) in [6.45, 7) is 2.08. The van der Waals surface area contributed by atoms with Crippen LogP contribution < -0.4 is 0 Å². The lowest BCUT2D eigenvalue weighted by Crippen LogP contribution is -1.98. The Morgan fingerprint density at radius 1 is 1.50 bits per heavy atom. The van der Waals surface area contributed by atoms with E-state index in [0.717, 1.165) is 25.7 Å². The molecule has 0 amide bonds. The molecule has 0 rings (SSSR count). The Morgan fingerprint density at radius 3 is 2.58 bits per heavy atom. The first-order valence-corrected chi connectivity index (χ1v) is 4.20. The van der Waals surface area contributed by atoms with Gasteiger partial charge in [-0.25, -0.2) is 0 Å². The molecule has 0 aromatic carbocycles. The number of allylic oxidation sites excluding steroid dienone is 1. The highest BCUT2D eigenvalue weighted by Crippen LogP contribution is 2.09. The summed E-state index contributed by atoms with van der Waals surface area (Å²) in [5.41, 5.74) is -0.0916. The highest BCUT2D eigenvalue weighted by molar-refractivity contribution is 4.83. The van der Waals surface area contributed by atoms with Crippen LogP contribution in [0, 0.1) is 10.1 Å². The van der Waals surface area contributed by atoms with Crippen LogP contribution in [-0.4, -0.2) is 10.0 Å². The van der Waals surface area contributed by atoms with E-state index in [2.05, 4.69) is 6.92 Å². The quantitative estimate of drug-likeness (QED) is 0.290. The molecule has 0 bridgehead atoms. The van der Waals surface area contributed by atoms with Crippen molar-refractivity contribution in [1.29, 1.82) is 0 Å². The largest absolute Gasteiger partial charge is 0.509 e. The van der Waals surface area contributed by atoms with Gasteiger partial charge in [0.15, 0.2) is 6.26 Å². The lowest BCUT2D eigenvalue weighted by Gasteiger charge is -1.96. The van der Waals surface area contributed by atoms with Crippen LogP contribution in [0.1, 0.15) is 39.0 Å². The molecule has 0 unspecified atom stereocenters. The summed E-state index contributed by atoms with van der Waals surface area (Å²) in [4.78, 5) is 9.64. The molecule has 1 N–H and O–H groups in total. The number of rotatable bonds is 6. The van der Waals surface area contributed by atoms with Crippen molar-refractivity contribution >= 4 is 0 Å². The maximum atomic E-state index is 10.2. The Kier molecular flexibility index (Phi) is 6.05. The first-order chi connectivity index (χ1) is 5.72. The second-order valence-electron chi connectivity index (χ2n) is 2.69. The lowest BCUT2D eigenvalue weighted by molar-refractivity contribution is -0.429. The van der Waals surface area contributed by atoms with Gasteiger partial charge >= 0.3 is 0 Å². The highest BCUT2D eigenvalue weighted by Gasteiger charge is 2.08. The van der Waals surface area contributed by atoms with E-state index < -0.39 is 4.92 Å². The van der Waals surface area contributed by atoms with E-state index in [0.29, 0.717) is 12.7 Å². The van der Waals surface area contributed by atoms with Gasteiger partial charge in [-0.1, -0.05) is 26.2 Å². The number of nitrogens with zero attached hydrogens (tertiary/aromatic N) is 1. The van der Waals surface area contributed by atoms with E-state index in [1.54, 1.807) is 0 Å². The molecule has 0 fully saturated rings. The molecule has 0 saturated heterocycles. The van der Waals surface area contributed by atoms with Crippen LogP contribution in [0.5, 0.6) is 0 Å². The van der Waals surface area contributed by atoms with Crippen molar-refractivity contribution in [3.8, 4) is 0 Å². The topological polar surface area (TPSA) is 63.4 Å². The maximum Gasteiger partial charge on any atom is 0.279 e. The number of nitro groups is 1. The molecule has 0 heterocycles. The van der Waals surface area contributed by atoms with E-state index in [1.807, 2.05) is 0 Å². The van der Waals surface area contributed by atoms with Gasteiger partial charge < -0.3 is 5.11 Å². The zero-order chi connectivity index (χ0) is 9.40. The summed E-state index contributed by atoms with van der Waals surface area (Å²) in [6.07, 6.45) is 4.92. The van der Waals surface area contributed by atoms with Crippen molar-refractivity contribution in [3.63, 3.8) is 0 Å². The minimum absolute atomic E-state index is 0.0916. The molecule has 0 aliphatic rings. The summed E-state index contributed by atoms with van der Waals surface area (Å²) >= 11 is 0. The van der Waals surface area contributed by atoms with Gasteiger partial charge in [-0.05, 0) is 6.42 Å². The molecule has 12 heavy (non-hydrogen) atoms. The van der Waals surface area contributed by atoms with Crippen LogP contribution in [0.2, 0.25) is 0 Å². The van der Waals surface area contributed by atoms with Crippen molar-refractivity contribution in [3.05, 3.63) is 22.1 Å². The average Bonchev–Trinajstić information content (AvgIpc) is 2.04. The van der Waals surface area contributed by atoms with Crippen molar-refractivity contribution < 1.29 is 10.0 Å². The first-order valence-electron chi connectivity index (χ1n) is 4.20. The Balaban J connectivity index is 3.54. The average molecular weight is 173 g/mol. The summed E-state index contributed by atoms with van der Waals surface area (Å²) in [5, 5.41) is 18.6. The molecule has 4 heteroatoms. The number of hydrogen-bond donors (Lipinski definition) is 1. The third kappa shape index (κ3) is 4.71. The summed E-state index contributed by atoms with van der Waals surface area (Å²) < 4.78 is 0. The fourth-order valence-electron chi connectivity index (χ4n) is 0.936. The molecule has 0 aliphatic heterocycles. The van der Waals surface area contributed by atoms with E-state index in [-0.39, 0.29) is 5.70 Å². The Morgan fingerprint density at radius 2 is 2.17 bits per heavy atom. The van der Waals surface area contributed by atoms with Gasteiger partial charge in [0, 0.05) is 6.42 Å². The van der Waals surface area contributed by atoms with Crippen molar-refractivity contribution in [2.24, 2.45) is 0 Å². The number of hydrogen-bond acceptors (Lipinski definition) is 3. The molecule has 0 saturated carbocycles. The fourth-order valence-corrected chi connectivity index (χ4v) is 0.936. The smallest absolute Gasteiger partial charge is 0.279 e. The van der Waals surface area contributed by atoms with Crippen LogP contribution in [0.4, 0.5) is 0 Å². The molecule has 0 atom stereocenters. The minimum atomic E-state index is -0.536. The molecule has 0 aromatic rings. The van der Waals surface area contributed by atoms with E-state index >= 15 is 0 Å². The van der Waals surface area contributed by atoms with Gasteiger partial charge in [0.05, 0.1) is 4.92 Å². The Labute approximate surface area is 72.1 Å². The maximum absolute atomic E-state index is 10.2. The molecular formula is C8H15NO3. The molecule has 0 aliphatic carbocycles. The van der Waals surface area contributed by atoms with Crippen LogP contribution in [0.15, 0.2) is 12.0 Å². The second-order valence-corrected chi connectivity index (χ2v) is 2.69. The van der Waals surface area contributed by atoms with Crippen LogP contribution in [0.25, 0.3) is 0 Å². The third-order valence-electron chi connectivity index (χ3n) is 1.67. The van der Waals surface area contributed by atoms with Gasteiger partial charge in [0.2, 0.25) is 0 Å². The second kappa shape index (κ2) is 6.64. The van der Waals surface area contributed by atoms with Gasteiger partial charge in [-0.3, -0.25) is 10.1 Å². The fraction of sp³-hybridized carbons (Fsp3) is 0.750. The van der Waals surface area contributed by atoms with E-state index in [9.17, 15) is 10.1 Å². The predicted molar refractivity (Wildman–Crippen MR) is 46.5 cm³/mol. The monoisotopic (exact) mass is 173 g/mol. The number of aliphatic hydroxyl groups is 1. The van der Waals surface area contributed by atoms with Crippen molar-refractivity contribution in [2.45, 2.75) is 39.0 Å². The normalized spacial score (nSPS) is 11.6. The van der Waals surface area contributed by atoms with E-state index in [1.165, 1.54) is 0 Å². The van der Waals surface area contributed by atoms with Crippen molar-refractivity contribution in [1.82, 2.24) is 0 Å². The Hall–Kier alpha value is -1.06. The SMILES string of the molecule is CCCCCCC(=CO)[N+](=O)[O-]. The molecule has 70 valence electrons. The molecule has 4 nitrogen and oxygen atoms in total. The van der Waals surface area contributed by atoms with Crippen LogP contribution in [-0.2, 0) is 0 Å². The first kappa shape index (κ1) is 10.9.